The van der Waals surface area contributed by atoms with Crippen LogP contribution in [-0.4, -0.2) is 60.0 Å². The first-order chi connectivity index (χ1) is 16.2. The molecule has 0 saturated carbocycles. The number of rotatable bonds is 7. The van der Waals surface area contributed by atoms with Gasteiger partial charge in [0.2, 0.25) is 0 Å². The average Bonchev–Trinajstić information content (AvgIpc) is 3.24. The lowest BCUT2D eigenvalue weighted by molar-refractivity contribution is -0.135. The summed E-state index contributed by atoms with van der Waals surface area (Å²) in [7, 11) is 1.91. The highest BCUT2D eigenvalue weighted by Crippen LogP contribution is 2.34. The number of fused-ring (bicyclic) bond motifs is 3. The van der Waals surface area contributed by atoms with Crippen molar-refractivity contribution in [2.75, 3.05) is 33.3 Å². The number of carbonyl (C=O) groups excluding carboxylic acids is 1. The topological polar surface area (TPSA) is 58.8 Å². The maximum Gasteiger partial charge on any atom is 0.260 e. The number of aryl methyl sites for hydroxylation is 2. The van der Waals surface area contributed by atoms with E-state index in [2.05, 4.69) is 16.0 Å². The van der Waals surface area contributed by atoms with E-state index in [1.54, 1.807) is 0 Å². The van der Waals surface area contributed by atoms with Gasteiger partial charge in [-0.15, -0.1) is 0 Å². The SMILES string of the molecule is CN(C(=O)COc1ccc2oc3c(c2c1)CCCC3)C1CCN(CCc2ccccn2)CC1. The molecule has 0 bridgehead atoms. The number of aromatic nitrogens is 1. The molecule has 1 aliphatic carbocycles. The number of piperidine rings is 1. The van der Waals surface area contributed by atoms with E-state index in [0.29, 0.717) is 0 Å². The molecule has 174 valence electrons. The first kappa shape index (κ1) is 22.0. The molecule has 0 unspecified atom stereocenters. The standard InChI is InChI=1S/C27H33N3O3/c1-29(21-12-16-30(17-13-21)15-11-20-6-4-5-14-28-20)27(31)19-32-22-9-10-26-24(18-22)23-7-2-3-8-25(23)33-26/h4-6,9-10,14,18,21H,2-3,7-8,11-13,15-17,19H2,1H3. The second-order valence-electron chi connectivity index (χ2n) is 9.31. The van der Waals surface area contributed by atoms with Gasteiger partial charge < -0.3 is 19.0 Å². The van der Waals surface area contributed by atoms with Crippen LogP contribution in [0, 0.1) is 0 Å². The minimum absolute atomic E-state index is 0.0382. The number of nitrogens with zero attached hydrogens (tertiary/aromatic N) is 3. The lowest BCUT2D eigenvalue weighted by atomic mass is 9.96. The summed E-state index contributed by atoms with van der Waals surface area (Å²) >= 11 is 0. The molecule has 1 aromatic carbocycles. The first-order valence-corrected chi connectivity index (χ1v) is 12.2. The number of pyridine rings is 1. The summed E-state index contributed by atoms with van der Waals surface area (Å²) in [5, 5.41) is 1.14. The predicted molar refractivity (Wildman–Crippen MR) is 129 cm³/mol. The Kier molecular flexibility index (Phi) is 6.63. The van der Waals surface area contributed by atoms with E-state index >= 15 is 0 Å². The molecule has 6 heteroatoms. The highest BCUT2D eigenvalue weighted by molar-refractivity contribution is 5.84. The summed E-state index contributed by atoms with van der Waals surface area (Å²) in [6, 6.07) is 12.3. The van der Waals surface area contributed by atoms with E-state index in [1.165, 1.54) is 18.4 Å². The summed E-state index contributed by atoms with van der Waals surface area (Å²) in [6.45, 7) is 3.11. The highest BCUT2D eigenvalue weighted by atomic mass is 16.5. The molecule has 33 heavy (non-hydrogen) atoms. The zero-order valence-electron chi connectivity index (χ0n) is 19.5. The van der Waals surface area contributed by atoms with Crippen LogP contribution in [0.4, 0.5) is 0 Å². The molecule has 0 radical (unpaired) electrons. The molecular formula is C27H33N3O3. The van der Waals surface area contributed by atoms with Gasteiger partial charge in [0.25, 0.3) is 5.91 Å². The van der Waals surface area contributed by atoms with Crippen molar-refractivity contribution in [3.05, 3.63) is 59.6 Å². The van der Waals surface area contributed by atoms with Crippen molar-refractivity contribution in [3.8, 4) is 5.75 Å². The second-order valence-corrected chi connectivity index (χ2v) is 9.31. The van der Waals surface area contributed by atoms with Gasteiger partial charge in [-0.05, 0) is 62.4 Å². The smallest absolute Gasteiger partial charge is 0.260 e. The van der Waals surface area contributed by atoms with Gasteiger partial charge >= 0.3 is 0 Å². The van der Waals surface area contributed by atoms with Crippen molar-refractivity contribution in [2.45, 2.75) is 51.0 Å². The minimum atomic E-state index is 0.0382. The summed E-state index contributed by atoms with van der Waals surface area (Å²) in [5.41, 5.74) is 3.38. The van der Waals surface area contributed by atoms with Gasteiger partial charge in [0.1, 0.15) is 17.1 Å². The lowest BCUT2D eigenvalue weighted by Crippen LogP contribution is -2.47. The Hall–Kier alpha value is -2.86. The molecule has 2 aliphatic rings. The maximum atomic E-state index is 12.8. The summed E-state index contributed by atoms with van der Waals surface area (Å²) < 4.78 is 11.9. The molecule has 1 saturated heterocycles. The third-order valence-corrected chi connectivity index (χ3v) is 7.20. The number of benzene rings is 1. The Morgan fingerprint density at radius 1 is 1.18 bits per heavy atom. The number of carbonyl (C=O) groups is 1. The molecule has 3 aromatic rings. The van der Waals surface area contributed by atoms with Crippen molar-refractivity contribution in [3.63, 3.8) is 0 Å². The van der Waals surface area contributed by atoms with Crippen LogP contribution in [0.2, 0.25) is 0 Å². The quantitative estimate of drug-likeness (QED) is 0.542. The first-order valence-electron chi connectivity index (χ1n) is 12.2. The Morgan fingerprint density at radius 3 is 2.85 bits per heavy atom. The molecule has 0 spiro atoms. The van der Waals surface area contributed by atoms with E-state index in [1.807, 2.05) is 48.5 Å². The van der Waals surface area contributed by atoms with Crippen LogP contribution in [0.15, 0.2) is 47.0 Å². The zero-order chi connectivity index (χ0) is 22.6. The van der Waals surface area contributed by atoms with Crippen molar-refractivity contribution in [1.82, 2.24) is 14.8 Å². The minimum Gasteiger partial charge on any atom is -0.484 e. The van der Waals surface area contributed by atoms with Crippen molar-refractivity contribution in [1.29, 1.82) is 0 Å². The van der Waals surface area contributed by atoms with Crippen LogP contribution in [0.25, 0.3) is 11.0 Å². The Labute approximate surface area is 195 Å². The number of amides is 1. The fraction of sp³-hybridized carbons (Fsp3) is 0.481. The number of ether oxygens (including phenoxy) is 1. The molecule has 3 heterocycles. The molecule has 0 atom stereocenters. The fourth-order valence-electron chi connectivity index (χ4n) is 5.13. The van der Waals surface area contributed by atoms with Crippen LogP contribution in [-0.2, 0) is 24.1 Å². The molecule has 1 fully saturated rings. The van der Waals surface area contributed by atoms with Gasteiger partial charge in [0, 0.05) is 68.4 Å². The van der Waals surface area contributed by atoms with Gasteiger partial charge in [0.05, 0.1) is 0 Å². The average molecular weight is 448 g/mol. The van der Waals surface area contributed by atoms with Crippen LogP contribution in [0.5, 0.6) is 5.75 Å². The van der Waals surface area contributed by atoms with Crippen molar-refractivity contribution >= 4 is 16.9 Å². The molecular weight excluding hydrogens is 414 g/mol. The monoisotopic (exact) mass is 447 g/mol. The highest BCUT2D eigenvalue weighted by Gasteiger charge is 2.25. The molecule has 1 amide bonds. The molecule has 2 aromatic heterocycles. The summed E-state index contributed by atoms with van der Waals surface area (Å²) in [6.07, 6.45) is 9.30. The molecule has 6 nitrogen and oxygen atoms in total. The van der Waals surface area contributed by atoms with E-state index < -0.39 is 0 Å². The van der Waals surface area contributed by atoms with Crippen LogP contribution in [0.1, 0.15) is 42.7 Å². The third-order valence-electron chi connectivity index (χ3n) is 7.20. The van der Waals surface area contributed by atoms with Crippen LogP contribution in [0.3, 0.4) is 0 Å². The molecule has 0 N–H and O–H groups in total. The Bertz CT molecular complexity index is 1090. The van der Waals surface area contributed by atoms with Gasteiger partial charge in [-0.3, -0.25) is 9.78 Å². The van der Waals surface area contributed by atoms with Gasteiger partial charge in [0.15, 0.2) is 6.61 Å². The van der Waals surface area contributed by atoms with Crippen LogP contribution >= 0.6 is 0 Å². The predicted octanol–water partition coefficient (Wildman–Crippen LogP) is 4.25. The maximum absolute atomic E-state index is 12.8. The molecule has 5 rings (SSSR count). The normalized spacial score (nSPS) is 17.1. The largest absolute Gasteiger partial charge is 0.484 e. The van der Waals surface area contributed by atoms with E-state index in [-0.39, 0.29) is 18.6 Å². The fourth-order valence-corrected chi connectivity index (χ4v) is 5.13. The summed E-state index contributed by atoms with van der Waals surface area (Å²) in [4.78, 5) is 21.6. The number of likely N-dealkylation sites (tertiary alicyclic amines) is 1. The van der Waals surface area contributed by atoms with Crippen LogP contribution < -0.4 is 4.74 Å². The Morgan fingerprint density at radius 2 is 2.03 bits per heavy atom. The van der Waals surface area contributed by atoms with Gasteiger partial charge in [-0.2, -0.15) is 0 Å². The number of furan rings is 1. The van der Waals surface area contributed by atoms with E-state index in [4.69, 9.17) is 9.15 Å². The lowest BCUT2D eigenvalue weighted by Gasteiger charge is -2.36. The zero-order valence-corrected chi connectivity index (χ0v) is 19.5. The Balaban J connectivity index is 1.10. The van der Waals surface area contributed by atoms with Gasteiger partial charge in [-0.25, -0.2) is 0 Å². The molecule has 1 aliphatic heterocycles. The van der Waals surface area contributed by atoms with Crippen molar-refractivity contribution < 1.29 is 13.9 Å². The van der Waals surface area contributed by atoms with E-state index in [9.17, 15) is 4.79 Å². The third kappa shape index (κ3) is 5.06. The number of hydrogen-bond donors (Lipinski definition) is 0. The summed E-state index contributed by atoms with van der Waals surface area (Å²) in [5.74, 6) is 1.90. The number of hydrogen-bond acceptors (Lipinski definition) is 5. The van der Waals surface area contributed by atoms with Gasteiger partial charge in [-0.1, -0.05) is 6.07 Å². The second kappa shape index (κ2) is 9.96. The number of likely N-dealkylation sites (N-methyl/N-ethyl adjacent to an activating group) is 1. The van der Waals surface area contributed by atoms with E-state index in [0.717, 1.165) is 79.9 Å². The van der Waals surface area contributed by atoms with Crippen molar-refractivity contribution in [2.24, 2.45) is 0 Å².